The third-order valence-corrected chi connectivity index (χ3v) is 6.15. The molecule has 0 saturated carbocycles. The smallest absolute Gasteiger partial charge is 0.163 e. The maximum absolute atomic E-state index is 11.7. The Hall–Kier alpha value is -3.66. The second-order valence-electron chi connectivity index (χ2n) is 8.72. The van der Waals surface area contributed by atoms with Gasteiger partial charge in [0, 0.05) is 12.2 Å². The van der Waals surface area contributed by atoms with Gasteiger partial charge in [-0.3, -0.25) is 4.79 Å². The number of carbonyl (C=O) groups excluding carboxylic acids is 1. The zero-order valence-corrected chi connectivity index (χ0v) is 20.0. The highest BCUT2D eigenvalue weighted by atomic mass is 16.7. The average Bonchev–Trinajstić information content (AvgIpc) is 2.88. The van der Waals surface area contributed by atoms with E-state index >= 15 is 0 Å². The van der Waals surface area contributed by atoms with Gasteiger partial charge in [-0.1, -0.05) is 30.3 Å². The van der Waals surface area contributed by atoms with Crippen molar-refractivity contribution in [1.29, 1.82) is 5.26 Å². The van der Waals surface area contributed by atoms with Gasteiger partial charge in [0.25, 0.3) is 0 Å². The van der Waals surface area contributed by atoms with E-state index in [9.17, 15) is 15.2 Å². The number of aromatic hydroxyl groups is 1. The number of nitrogens with zero attached hydrogens (tertiary/aromatic N) is 1. The van der Waals surface area contributed by atoms with E-state index in [-0.39, 0.29) is 30.0 Å². The van der Waals surface area contributed by atoms with E-state index in [1.165, 1.54) is 6.92 Å². The number of phenolic OH excluding ortho intramolecular Hbond substituents is 1. The SMILES string of the molecule is CC(=O)c1ccc(OCc2cccc(C(OC3CCCCO3)c3cccc(C#N)c3)c2)c(C)c1O. The molecule has 1 fully saturated rings. The molecule has 0 amide bonds. The van der Waals surface area contributed by atoms with Crippen molar-refractivity contribution in [2.45, 2.75) is 52.1 Å². The lowest BCUT2D eigenvalue weighted by Crippen LogP contribution is -2.25. The third kappa shape index (κ3) is 5.89. The van der Waals surface area contributed by atoms with E-state index in [0.717, 1.165) is 36.0 Å². The lowest BCUT2D eigenvalue weighted by Gasteiger charge is -2.28. The Balaban J connectivity index is 1.58. The maximum Gasteiger partial charge on any atom is 0.163 e. The molecule has 0 radical (unpaired) electrons. The first-order valence-electron chi connectivity index (χ1n) is 11.8. The molecule has 6 heteroatoms. The van der Waals surface area contributed by atoms with Crippen molar-refractivity contribution < 1.29 is 24.1 Å². The first-order valence-corrected chi connectivity index (χ1v) is 11.8. The number of carbonyl (C=O) groups is 1. The van der Waals surface area contributed by atoms with Crippen LogP contribution in [0.2, 0.25) is 0 Å². The minimum Gasteiger partial charge on any atom is -0.507 e. The van der Waals surface area contributed by atoms with Gasteiger partial charge in [-0.15, -0.1) is 0 Å². The van der Waals surface area contributed by atoms with Crippen molar-refractivity contribution in [3.05, 3.63) is 94.0 Å². The molecule has 4 rings (SSSR count). The Morgan fingerprint density at radius 2 is 1.91 bits per heavy atom. The molecule has 0 aliphatic carbocycles. The molecule has 1 aliphatic rings. The number of benzene rings is 3. The molecule has 1 saturated heterocycles. The summed E-state index contributed by atoms with van der Waals surface area (Å²) in [6.07, 6.45) is 2.22. The topological polar surface area (TPSA) is 88.8 Å². The van der Waals surface area contributed by atoms with Gasteiger partial charge in [0.2, 0.25) is 0 Å². The maximum atomic E-state index is 11.7. The third-order valence-electron chi connectivity index (χ3n) is 6.15. The summed E-state index contributed by atoms with van der Waals surface area (Å²) in [6, 6.07) is 20.8. The quantitative estimate of drug-likeness (QED) is 0.406. The van der Waals surface area contributed by atoms with Crippen LogP contribution in [0, 0.1) is 18.3 Å². The molecule has 0 aromatic heterocycles. The summed E-state index contributed by atoms with van der Waals surface area (Å²) in [5, 5.41) is 19.7. The van der Waals surface area contributed by atoms with E-state index in [1.54, 1.807) is 25.1 Å². The Labute approximate surface area is 205 Å². The van der Waals surface area contributed by atoms with E-state index in [4.69, 9.17) is 14.2 Å². The molecule has 6 nitrogen and oxygen atoms in total. The van der Waals surface area contributed by atoms with E-state index in [1.807, 2.05) is 42.5 Å². The van der Waals surface area contributed by atoms with Crippen LogP contribution in [0.25, 0.3) is 0 Å². The molecule has 35 heavy (non-hydrogen) atoms. The fraction of sp³-hybridized carbons (Fsp3) is 0.310. The average molecular weight is 472 g/mol. The number of hydrogen-bond donors (Lipinski definition) is 1. The van der Waals surface area contributed by atoms with Crippen molar-refractivity contribution in [3.8, 4) is 17.6 Å². The van der Waals surface area contributed by atoms with Crippen LogP contribution >= 0.6 is 0 Å². The number of ether oxygens (including phenoxy) is 3. The van der Waals surface area contributed by atoms with E-state index in [2.05, 4.69) is 6.07 Å². The van der Waals surface area contributed by atoms with E-state index in [0.29, 0.717) is 23.5 Å². The minimum atomic E-state index is -0.396. The predicted molar refractivity (Wildman–Crippen MR) is 131 cm³/mol. The molecular formula is C29H29NO5. The number of rotatable bonds is 8. The molecule has 1 aliphatic heterocycles. The first kappa shape index (κ1) is 24.5. The van der Waals surface area contributed by atoms with Crippen molar-refractivity contribution in [2.75, 3.05) is 6.61 Å². The summed E-state index contributed by atoms with van der Waals surface area (Å²) in [5.74, 6) is 0.267. The van der Waals surface area contributed by atoms with Gasteiger partial charge in [-0.2, -0.15) is 5.26 Å². The number of ketones is 1. The van der Waals surface area contributed by atoms with Crippen LogP contribution in [0.1, 0.15) is 70.5 Å². The lowest BCUT2D eigenvalue weighted by atomic mass is 9.98. The summed E-state index contributed by atoms with van der Waals surface area (Å²) in [7, 11) is 0. The molecule has 1 N–H and O–H groups in total. The van der Waals surface area contributed by atoms with Crippen molar-refractivity contribution in [2.24, 2.45) is 0 Å². The Bertz CT molecular complexity index is 1240. The normalized spacial score (nSPS) is 16.3. The molecule has 1 heterocycles. The van der Waals surface area contributed by atoms with Crippen molar-refractivity contribution in [3.63, 3.8) is 0 Å². The van der Waals surface area contributed by atoms with Gasteiger partial charge in [0.15, 0.2) is 12.1 Å². The zero-order valence-electron chi connectivity index (χ0n) is 20.0. The highest BCUT2D eigenvalue weighted by Gasteiger charge is 2.23. The highest BCUT2D eigenvalue weighted by Crippen LogP contribution is 2.33. The van der Waals surface area contributed by atoms with E-state index < -0.39 is 6.10 Å². The molecule has 2 unspecified atom stereocenters. The second kappa shape index (κ2) is 11.2. The number of Topliss-reactive ketones (excluding diaryl/α,β-unsaturated/α-hetero) is 1. The Morgan fingerprint density at radius 1 is 1.14 bits per heavy atom. The van der Waals surface area contributed by atoms with Crippen molar-refractivity contribution >= 4 is 5.78 Å². The summed E-state index contributed by atoms with van der Waals surface area (Å²) in [5.41, 5.74) is 4.12. The minimum absolute atomic E-state index is 0.0536. The molecular weight excluding hydrogens is 442 g/mol. The fourth-order valence-electron chi connectivity index (χ4n) is 4.22. The monoisotopic (exact) mass is 471 g/mol. The van der Waals surface area contributed by atoms with Crippen LogP contribution in [-0.2, 0) is 16.1 Å². The van der Waals surface area contributed by atoms with Gasteiger partial charge in [-0.05, 0) is 80.1 Å². The van der Waals surface area contributed by atoms with Crippen LogP contribution in [0.4, 0.5) is 0 Å². The first-order chi connectivity index (χ1) is 17.0. The van der Waals surface area contributed by atoms with Crippen LogP contribution in [0.15, 0.2) is 60.7 Å². The molecule has 0 bridgehead atoms. The van der Waals surface area contributed by atoms with Crippen LogP contribution in [-0.4, -0.2) is 23.8 Å². The molecule has 3 aromatic carbocycles. The number of hydrogen-bond acceptors (Lipinski definition) is 6. The summed E-state index contributed by atoms with van der Waals surface area (Å²) in [6.45, 7) is 4.10. The largest absolute Gasteiger partial charge is 0.507 e. The molecule has 0 spiro atoms. The highest BCUT2D eigenvalue weighted by molar-refractivity contribution is 5.97. The fourth-order valence-corrected chi connectivity index (χ4v) is 4.22. The second-order valence-corrected chi connectivity index (χ2v) is 8.72. The Morgan fingerprint density at radius 3 is 2.63 bits per heavy atom. The number of nitriles is 1. The summed E-state index contributed by atoms with van der Waals surface area (Å²) >= 11 is 0. The lowest BCUT2D eigenvalue weighted by molar-refractivity contribution is -0.181. The van der Waals surface area contributed by atoms with Crippen molar-refractivity contribution in [1.82, 2.24) is 0 Å². The molecule has 3 aromatic rings. The summed E-state index contributed by atoms with van der Waals surface area (Å²) in [4.78, 5) is 11.7. The summed E-state index contributed by atoms with van der Waals surface area (Å²) < 4.78 is 18.2. The Kier molecular flexibility index (Phi) is 7.81. The van der Waals surface area contributed by atoms with Crippen LogP contribution in [0.5, 0.6) is 11.5 Å². The molecule has 180 valence electrons. The predicted octanol–water partition coefficient (Wildman–Crippen LogP) is 5.99. The van der Waals surface area contributed by atoms with Crippen LogP contribution < -0.4 is 4.74 Å². The van der Waals surface area contributed by atoms with Gasteiger partial charge >= 0.3 is 0 Å². The van der Waals surface area contributed by atoms with Gasteiger partial charge in [0.1, 0.15) is 24.2 Å². The van der Waals surface area contributed by atoms with Crippen LogP contribution in [0.3, 0.4) is 0 Å². The van der Waals surface area contributed by atoms with Gasteiger partial charge < -0.3 is 19.3 Å². The van der Waals surface area contributed by atoms with Gasteiger partial charge in [-0.25, -0.2) is 0 Å². The van der Waals surface area contributed by atoms with Gasteiger partial charge in [0.05, 0.1) is 17.2 Å². The number of phenols is 1. The zero-order chi connectivity index (χ0) is 24.8. The standard InChI is InChI=1S/C29H29NO5/c1-19-26(13-12-25(20(2)31)28(19)32)34-18-22-8-6-10-24(16-22)29(35-27-11-3-4-14-33-27)23-9-5-7-21(15-23)17-30/h5-10,12-13,15-16,27,29,32H,3-4,11,14,18H2,1-2H3. The molecule has 2 atom stereocenters.